The molecule has 0 bridgehead atoms. The lowest BCUT2D eigenvalue weighted by atomic mass is 10.0. The normalized spacial score (nSPS) is 12.4. The molecule has 0 aromatic rings. The Morgan fingerprint density at radius 2 is 1.28 bits per heavy atom. The summed E-state index contributed by atoms with van der Waals surface area (Å²) < 4.78 is 42.4. The van der Waals surface area contributed by atoms with Crippen molar-refractivity contribution in [3.63, 3.8) is 0 Å². The van der Waals surface area contributed by atoms with E-state index >= 15 is 0 Å². The molecule has 188 valence electrons. The summed E-state index contributed by atoms with van der Waals surface area (Å²) in [6.07, 6.45) is 7.67. The van der Waals surface area contributed by atoms with E-state index in [9.17, 15) is 27.6 Å². The van der Waals surface area contributed by atoms with Crippen molar-refractivity contribution >= 4 is 17.8 Å². The van der Waals surface area contributed by atoms with Crippen LogP contribution in [-0.4, -0.2) is 41.8 Å². The van der Waals surface area contributed by atoms with Crippen LogP contribution >= 0.6 is 0 Å². The Morgan fingerprint density at radius 3 is 1.75 bits per heavy atom. The fourth-order valence-electron chi connectivity index (χ4n) is 3.44. The van der Waals surface area contributed by atoms with Crippen molar-refractivity contribution in [2.24, 2.45) is 0 Å². The molecule has 2 N–H and O–H groups in total. The van der Waals surface area contributed by atoms with Crippen LogP contribution < -0.4 is 5.32 Å². The largest absolute Gasteiger partial charge is 0.490 e. The maximum atomic E-state index is 12.5. The van der Waals surface area contributed by atoms with Crippen molar-refractivity contribution in [1.82, 2.24) is 5.32 Å². The first-order valence-electron chi connectivity index (χ1n) is 11.9. The lowest BCUT2D eigenvalue weighted by molar-refractivity contribution is -0.205. The number of aliphatic carboxylic acids is 1. The Morgan fingerprint density at radius 1 is 0.812 bits per heavy atom. The molecule has 9 heteroatoms. The van der Waals surface area contributed by atoms with Crippen molar-refractivity contribution in [3.8, 4) is 0 Å². The van der Waals surface area contributed by atoms with E-state index in [0.29, 0.717) is 25.7 Å². The Balaban J connectivity index is 4.01. The van der Waals surface area contributed by atoms with Crippen molar-refractivity contribution in [2.75, 3.05) is 6.54 Å². The average molecular weight is 468 g/mol. The third kappa shape index (κ3) is 18.9. The zero-order valence-corrected chi connectivity index (χ0v) is 19.3. The molecule has 6 nitrogen and oxygen atoms in total. The third-order valence-electron chi connectivity index (χ3n) is 5.25. The number of hydrogen-bond acceptors (Lipinski definition) is 4. The number of nitrogens with one attached hydrogen (secondary N) is 1. The summed E-state index contributed by atoms with van der Waals surface area (Å²) in [5.74, 6) is -3.47. The van der Waals surface area contributed by atoms with Gasteiger partial charge in [-0.15, -0.1) is 0 Å². The molecule has 0 heterocycles. The minimum absolute atomic E-state index is 0.279. The number of carboxylic acid groups (broad SMARTS) is 1. The molecule has 1 amide bonds. The number of esters is 1. The minimum Gasteiger partial charge on any atom is -0.480 e. The monoisotopic (exact) mass is 467 g/mol. The Labute approximate surface area is 189 Å². The fraction of sp³-hybridized carbons (Fsp3) is 0.870. The zero-order chi connectivity index (χ0) is 24.2. The second-order valence-electron chi connectivity index (χ2n) is 8.27. The van der Waals surface area contributed by atoms with Crippen molar-refractivity contribution in [3.05, 3.63) is 0 Å². The summed E-state index contributed by atoms with van der Waals surface area (Å²) >= 11 is 0. The van der Waals surface area contributed by atoms with Crippen molar-refractivity contribution < 1.29 is 37.4 Å². The number of amides is 1. The number of carbonyl (C=O) groups is 3. The van der Waals surface area contributed by atoms with Crippen LogP contribution in [0.4, 0.5) is 13.2 Å². The van der Waals surface area contributed by atoms with Gasteiger partial charge in [0.1, 0.15) is 12.6 Å². The van der Waals surface area contributed by atoms with Crippen LogP contribution in [-0.2, 0) is 19.1 Å². The number of rotatable bonds is 20. The van der Waals surface area contributed by atoms with Crippen LogP contribution in [0.25, 0.3) is 0 Å². The van der Waals surface area contributed by atoms with E-state index < -0.39 is 24.2 Å². The smallest absolute Gasteiger partial charge is 0.480 e. The van der Waals surface area contributed by atoms with E-state index in [4.69, 9.17) is 9.84 Å². The maximum absolute atomic E-state index is 12.5. The fourth-order valence-corrected chi connectivity index (χ4v) is 3.44. The van der Waals surface area contributed by atoms with E-state index in [0.717, 1.165) is 57.8 Å². The molecular weight excluding hydrogens is 427 g/mol. The number of carboxylic acids is 1. The lowest BCUT2D eigenvalue weighted by Crippen LogP contribution is -2.30. The van der Waals surface area contributed by atoms with E-state index in [1.165, 1.54) is 12.8 Å². The number of ether oxygens (including phenoxy) is 1. The van der Waals surface area contributed by atoms with Gasteiger partial charge in [-0.1, -0.05) is 71.1 Å². The van der Waals surface area contributed by atoms with Crippen LogP contribution in [0, 0.1) is 0 Å². The van der Waals surface area contributed by atoms with Crippen molar-refractivity contribution in [1.29, 1.82) is 0 Å². The molecule has 0 fully saturated rings. The summed E-state index contributed by atoms with van der Waals surface area (Å²) in [7, 11) is 0. The Bertz CT molecular complexity index is 526. The molecule has 0 aromatic carbocycles. The predicted octanol–water partition coefficient (Wildman–Crippen LogP) is 5.92. The first-order valence-corrected chi connectivity index (χ1v) is 11.9. The van der Waals surface area contributed by atoms with Gasteiger partial charge >= 0.3 is 18.1 Å². The van der Waals surface area contributed by atoms with E-state index in [1.54, 1.807) is 0 Å². The van der Waals surface area contributed by atoms with Crippen LogP contribution in [0.2, 0.25) is 0 Å². The van der Waals surface area contributed by atoms with Gasteiger partial charge in [0.25, 0.3) is 0 Å². The number of alkyl halides is 3. The first-order chi connectivity index (χ1) is 15.2. The predicted molar refractivity (Wildman–Crippen MR) is 116 cm³/mol. The number of hydrogen-bond donors (Lipinski definition) is 2. The SMILES string of the molecule is CCCCCCCCCC(CCCCCCCCC(=O)NCC(=O)O)OC(=O)C(F)(F)F. The Hall–Kier alpha value is -1.80. The second-order valence-corrected chi connectivity index (χ2v) is 8.27. The molecule has 0 aliphatic heterocycles. The van der Waals surface area contributed by atoms with Gasteiger partial charge < -0.3 is 15.2 Å². The van der Waals surface area contributed by atoms with Gasteiger partial charge in [0, 0.05) is 6.42 Å². The van der Waals surface area contributed by atoms with Crippen LogP contribution in [0.5, 0.6) is 0 Å². The number of unbranched alkanes of at least 4 members (excludes halogenated alkanes) is 11. The summed E-state index contributed by atoms with van der Waals surface area (Å²) in [5.41, 5.74) is 0. The maximum Gasteiger partial charge on any atom is 0.490 e. The molecule has 0 saturated heterocycles. The molecule has 0 radical (unpaired) electrons. The quantitative estimate of drug-likeness (QED) is 0.171. The lowest BCUT2D eigenvalue weighted by Gasteiger charge is -2.19. The highest BCUT2D eigenvalue weighted by Gasteiger charge is 2.42. The van der Waals surface area contributed by atoms with Gasteiger partial charge in [-0.25, -0.2) is 4.79 Å². The van der Waals surface area contributed by atoms with Crippen molar-refractivity contribution in [2.45, 2.75) is 122 Å². The van der Waals surface area contributed by atoms with Crippen LogP contribution in [0.1, 0.15) is 110 Å². The molecule has 0 aromatic heterocycles. The third-order valence-corrected chi connectivity index (χ3v) is 5.25. The second kappa shape index (κ2) is 18.7. The van der Waals surface area contributed by atoms with E-state index in [-0.39, 0.29) is 18.9 Å². The molecule has 32 heavy (non-hydrogen) atoms. The standard InChI is InChI=1S/C23H40F3NO5/c1-2-3-4-5-6-9-12-15-19(32-22(31)23(24,25)26)16-13-10-7-8-11-14-17-20(28)27-18-21(29)30/h19H,2-18H2,1H3,(H,27,28)(H,29,30). The van der Waals surface area contributed by atoms with Crippen LogP contribution in [0.15, 0.2) is 0 Å². The topological polar surface area (TPSA) is 92.7 Å². The average Bonchev–Trinajstić information content (AvgIpc) is 2.72. The van der Waals surface area contributed by atoms with Gasteiger partial charge in [-0.2, -0.15) is 13.2 Å². The molecule has 0 aliphatic rings. The highest BCUT2D eigenvalue weighted by Crippen LogP contribution is 2.22. The number of halogens is 3. The van der Waals surface area contributed by atoms with Gasteiger partial charge in [-0.05, 0) is 32.1 Å². The minimum atomic E-state index is -4.96. The highest BCUT2D eigenvalue weighted by atomic mass is 19.4. The summed E-state index contributed by atoms with van der Waals surface area (Å²) in [5, 5.41) is 10.8. The molecule has 1 atom stereocenters. The molecular formula is C23H40F3NO5. The first kappa shape index (κ1) is 30.2. The van der Waals surface area contributed by atoms with E-state index in [2.05, 4.69) is 12.2 Å². The molecule has 0 rings (SSSR count). The van der Waals surface area contributed by atoms with Gasteiger partial charge in [0.15, 0.2) is 0 Å². The van der Waals surface area contributed by atoms with Gasteiger partial charge in [0.05, 0.1) is 0 Å². The van der Waals surface area contributed by atoms with Gasteiger partial charge in [-0.3, -0.25) is 9.59 Å². The van der Waals surface area contributed by atoms with Gasteiger partial charge in [0.2, 0.25) is 5.91 Å². The summed E-state index contributed by atoms with van der Waals surface area (Å²) in [4.78, 5) is 33.0. The number of carbonyl (C=O) groups excluding carboxylic acids is 2. The summed E-state index contributed by atoms with van der Waals surface area (Å²) in [6.45, 7) is 1.76. The molecule has 0 saturated carbocycles. The Kier molecular flexibility index (Phi) is 17.7. The van der Waals surface area contributed by atoms with Crippen LogP contribution in [0.3, 0.4) is 0 Å². The molecule has 0 spiro atoms. The molecule has 1 unspecified atom stereocenters. The van der Waals surface area contributed by atoms with E-state index in [1.807, 2.05) is 0 Å². The highest BCUT2D eigenvalue weighted by molar-refractivity contribution is 5.80. The summed E-state index contributed by atoms with van der Waals surface area (Å²) in [6, 6.07) is 0. The molecule has 0 aliphatic carbocycles. The zero-order valence-electron chi connectivity index (χ0n) is 19.3.